The standard InChI is InChI=1S/C15H20O/c1-11-7-8-14(9-12(11)2)13-5-3-4-6-15(16)10-13/h7-10,15-16H,3-6H2,1-2H3. The van der Waals surface area contributed by atoms with Crippen LogP contribution < -0.4 is 0 Å². The zero-order chi connectivity index (χ0) is 11.5. The van der Waals surface area contributed by atoms with Crippen molar-refractivity contribution in [1.82, 2.24) is 0 Å². The number of allylic oxidation sites excluding steroid dienone is 1. The first kappa shape index (κ1) is 11.4. The molecule has 0 spiro atoms. The maximum absolute atomic E-state index is 9.77. The van der Waals surface area contributed by atoms with E-state index in [0.29, 0.717) is 0 Å². The Labute approximate surface area is 97.8 Å². The van der Waals surface area contributed by atoms with E-state index in [0.717, 1.165) is 19.3 Å². The molecule has 1 N–H and O–H groups in total. The first-order valence-corrected chi connectivity index (χ1v) is 6.13. The Morgan fingerprint density at radius 3 is 2.69 bits per heavy atom. The lowest BCUT2D eigenvalue weighted by atomic mass is 9.97. The van der Waals surface area contributed by atoms with E-state index in [-0.39, 0.29) is 6.10 Å². The molecular weight excluding hydrogens is 196 g/mol. The normalized spacial score (nSPS) is 21.4. The van der Waals surface area contributed by atoms with Gasteiger partial charge in [-0.3, -0.25) is 0 Å². The summed E-state index contributed by atoms with van der Waals surface area (Å²) >= 11 is 0. The van der Waals surface area contributed by atoms with Gasteiger partial charge in [-0.05, 0) is 55.4 Å². The van der Waals surface area contributed by atoms with Gasteiger partial charge in [0.2, 0.25) is 0 Å². The van der Waals surface area contributed by atoms with Crippen molar-refractivity contribution in [3.8, 4) is 0 Å². The maximum atomic E-state index is 9.77. The van der Waals surface area contributed by atoms with Crippen LogP contribution in [0.1, 0.15) is 42.4 Å². The second-order valence-electron chi connectivity index (χ2n) is 4.80. The SMILES string of the molecule is Cc1ccc(C2=CC(O)CCCC2)cc1C. The molecule has 0 saturated heterocycles. The number of aliphatic hydroxyl groups is 1. The van der Waals surface area contributed by atoms with Crippen LogP contribution in [0.5, 0.6) is 0 Å². The summed E-state index contributed by atoms with van der Waals surface area (Å²) in [5.41, 5.74) is 5.26. The highest BCUT2D eigenvalue weighted by Crippen LogP contribution is 2.27. The molecule has 1 aromatic rings. The summed E-state index contributed by atoms with van der Waals surface area (Å²) in [5, 5.41) is 9.77. The number of aryl methyl sites for hydroxylation is 2. The summed E-state index contributed by atoms with van der Waals surface area (Å²) in [5.74, 6) is 0. The lowest BCUT2D eigenvalue weighted by Crippen LogP contribution is -2.00. The summed E-state index contributed by atoms with van der Waals surface area (Å²) in [4.78, 5) is 0. The fraction of sp³-hybridized carbons (Fsp3) is 0.467. The van der Waals surface area contributed by atoms with Crippen molar-refractivity contribution in [1.29, 1.82) is 0 Å². The molecule has 0 heterocycles. The lowest BCUT2D eigenvalue weighted by Gasteiger charge is -2.09. The molecule has 2 rings (SSSR count). The predicted octanol–water partition coefficient (Wildman–Crippen LogP) is 3.62. The Hall–Kier alpha value is -1.08. The zero-order valence-electron chi connectivity index (χ0n) is 10.2. The molecule has 86 valence electrons. The van der Waals surface area contributed by atoms with Crippen LogP contribution in [0.25, 0.3) is 5.57 Å². The van der Waals surface area contributed by atoms with Crippen molar-refractivity contribution in [2.45, 2.75) is 45.6 Å². The third-order valence-electron chi connectivity index (χ3n) is 3.47. The second kappa shape index (κ2) is 4.84. The van der Waals surface area contributed by atoms with Crippen molar-refractivity contribution >= 4 is 5.57 Å². The number of hydrogen-bond acceptors (Lipinski definition) is 1. The van der Waals surface area contributed by atoms with Crippen LogP contribution in [0.3, 0.4) is 0 Å². The average molecular weight is 216 g/mol. The highest BCUT2D eigenvalue weighted by Gasteiger charge is 2.11. The molecule has 0 bridgehead atoms. The summed E-state index contributed by atoms with van der Waals surface area (Å²) < 4.78 is 0. The molecule has 0 amide bonds. The molecule has 1 atom stereocenters. The molecule has 0 radical (unpaired) electrons. The van der Waals surface area contributed by atoms with Crippen molar-refractivity contribution < 1.29 is 5.11 Å². The Kier molecular flexibility index (Phi) is 3.45. The van der Waals surface area contributed by atoms with Gasteiger partial charge in [-0.2, -0.15) is 0 Å². The highest BCUT2D eigenvalue weighted by atomic mass is 16.3. The molecule has 0 aromatic heterocycles. The fourth-order valence-electron chi connectivity index (χ4n) is 2.25. The third-order valence-corrected chi connectivity index (χ3v) is 3.47. The number of aliphatic hydroxyl groups excluding tert-OH is 1. The van der Waals surface area contributed by atoms with E-state index in [4.69, 9.17) is 0 Å². The smallest absolute Gasteiger partial charge is 0.0726 e. The average Bonchev–Trinajstić information content (AvgIpc) is 2.47. The van der Waals surface area contributed by atoms with Crippen LogP contribution in [-0.4, -0.2) is 11.2 Å². The van der Waals surface area contributed by atoms with E-state index in [2.05, 4.69) is 32.0 Å². The third kappa shape index (κ3) is 2.53. The Morgan fingerprint density at radius 1 is 1.12 bits per heavy atom. The number of benzene rings is 1. The first-order valence-electron chi connectivity index (χ1n) is 6.13. The van der Waals surface area contributed by atoms with Gasteiger partial charge in [0.05, 0.1) is 6.10 Å². The fourth-order valence-corrected chi connectivity index (χ4v) is 2.25. The van der Waals surface area contributed by atoms with E-state index in [1.54, 1.807) is 0 Å². The quantitative estimate of drug-likeness (QED) is 0.760. The lowest BCUT2D eigenvalue weighted by molar-refractivity contribution is 0.211. The molecule has 1 aliphatic rings. The van der Waals surface area contributed by atoms with Gasteiger partial charge in [-0.1, -0.05) is 30.7 Å². The van der Waals surface area contributed by atoms with E-state index in [1.165, 1.54) is 28.7 Å². The second-order valence-corrected chi connectivity index (χ2v) is 4.80. The largest absolute Gasteiger partial charge is 0.389 e. The molecule has 1 heteroatoms. The molecule has 0 aliphatic heterocycles. The van der Waals surface area contributed by atoms with Crippen LogP contribution in [0.15, 0.2) is 24.3 Å². The molecular formula is C15H20O. The summed E-state index contributed by atoms with van der Waals surface area (Å²) in [7, 11) is 0. The minimum atomic E-state index is -0.251. The van der Waals surface area contributed by atoms with Gasteiger partial charge >= 0.3 is 0 Å². The van der Waals surface area contributed by atoms with Crippen LogP contribution in [-0.2, 0) is 0 Å². The van der Waals surface area contributed by atoms with E-state index < -0.39 is 0 Å². The molecule has 16 heavy (non-hydrogen) atoms. The minimum Gasteiger partial charge on any atom is -0.389 e. The highest BCUT2D eigenvalue weighted by molar-refractivity contribution is 5.67. The van der Waals surface area contributed by atoms with Gasteiger partial charge in [0.25, 0.3) is 0 Å². The molecule has 1 aromatic carbocycles. The Morgan fingerprint density at radius 2 is 1.94 bits per heavy atom. The Bertz CT molecular complexity index is 404. The summed E-state index contributed by atoms with van der Waals surface area (Å²) in [6.07, 6.45) is 6.12. The van der Waals surface area contributed by atoms with Gasteiger partial charge in [-0.15, -0.1) is 0 Å². The van der Waals surface area contributed by atoms with Gasteiger partial charge < -0.3 is 5.11 Å². The van der Waals surface area contributed by atoms with Crippen molar-refractivity contribution in [2.75, 3.05) is 0 Å². The monoisotopic (exact) mass is 216 g/mol. The summed E-state index contributed by atoms with van der Waals surface area (Å²) in [6.45, 7) is 4.28. The summed E-state index contributed by atoms with van der Waals surface area (Å²) in [6, 6.07) is 6.58. The van der Waals surface area contributed by atoms with Gasteiger partial charge in [-0.25, -0.2) is 0 Å². The molecule has 1 unspecified atom stereocenters. The maximum Gasteiger partial charge on any atom is 0.0726 e. The van der Waals surface area contributed by atoms with Gasteiger partial charge in [0, 0.05) is 0 Å². The zero-order valence-corrected chi connectivity index (χ0v) is 10.2. The topological polar surface area (TPSA) is 20.2 Å². The molecule has 0 fully saturated rings. The minimum absolute atomic E-state index is 0.251. The van der Waals surface area contributed by atoms with E-state index in [9.17, 15) is 5.11 Å². The van der Waals surface area contributed by atoms with Crippen LogP contribution >= 0.6 is 0 Å². The van der Waals surface area contributed by atoms with Crippen molar-refractivity contribution in [3.05, 3.63) is 41.0 Å². The Balaban J connectivity index is 2.31. The van der Waals surface area contributed by atoms with Crippen LogP contribution in [0.4, 0.5) is 0 Å². The van der Waals surface area contributed by atoms with Crippen LogP contribution in [0, 0.1) is 13.8 Å². The van der Waals surface area contributed by atoms with Gasteiger partial charge in [0.1, 0.15) is 0 Å². The van der Waals surface area contributed by atoms with Crippen LogP contribution in [0.2, 0.25) is 0 Å². The molecule has 0 saturated carbocycles. The van der Waals surface area contributed by atoms with E-state index in [1.807, 2.05) is 6.08 Å². The van der Waals surface area contributed by atoms with Crippen molar-refractivity contribution in [3.63, 3.8) is 0 Å². The van der Waals surface area contributed by atoms with E-state index >= 15 is 0 Å². The molecule has 1 aliphatic carbocycles. The number of hydrogen-bond donors (Lipinski definition) is 1. The van der Waals surface area contributed by atoms with Gasteiger partial charge in [0.15, 0.2) is 0 Å². The van der Waals surface area contributed by atoms with Crippen molar-refractivity contribution in [2.24, 2.45) is 0 Å². The molecule has 1 nitrogen and oxygen atoms in total. The first-order chi connectivity index (χ1) is 7.66. The number of rotatable bonds is 1. The predicted molar refractivity (Wildman–Crippen MR) is 68.4 cm³/mol.